The van der Waals surface area contributed by atoms with Crippen LogP contribution in [0.4, 0.5) is 4.79 Å². The Hall–Kier alpha value is -3.01. The van der Waals surface area contributed by atoms with Gasteiger partial charge in [-0.05, 0) is 30.0 Å². The lowest BCUT2D eigenvalue weighted by Gasteiger charge is -1.94. The van der Waals surface area contributed by atoms with Gasteiger partial charge in [0.15, 0.2) is 5.58 Å². The number of hydrogen-bond donors (Lipinski definition) is 1. The molecule has 4 rings (SSSR count). The Morgan fingerprint density at radius 2 is 1.96 bits per heavy atom. The Bertz CT molecular complexity index is 1150. The van der Waals surface area contributed by atoms with Crippen molar-refractivity contribution in [2.75, 3.05) is 0 Å². The van der Waals surface area contributed by atoms with Crippen LogP contribution in [0.15, 0.2) is 52.0 Å². The van der Waals surface area contributed by atoms with Gasteiger partial charge in [0, 0.05) is 29.4 Å². The maximum atomic E-state index is 11.7. The molecule has 0 atom stereocenters. The number of rotatable bonds is 1. The molecule has 1 aliphatic heterocycles. The molecule has 5 nitrogen and oxygen atoms in total. The van der Waals surface area contributed by atoms with Crippen LogP contribution >= 0.6 is 23.4 Å². The number of hydrogen-bond acceptors (Lipinski definition) is 5. The molecule has 2 aromatic heterocycles. The van der Waals surface area contributed by atoms with Crippen LogP contribution in [0.5, 0.6) is 0 Å². The third kappa shape index (κ3) is 3.23. The zero-order valence-electron chi connectivity index (χ0n) is 13.1. The highest BCUT2D eigenvalue weighted by atomic mass is 35.5. The number of carbonyl (C=O) groups excluding carboxylic acids is 2. The monoisotopic (exact) mass is 380 g/mol. The molecule has 7 heteroatoms. The molecule has 1 aromatic carbocycles. The second-order valence-corrected chi connectivity index (χ2v) is 6.76. The van der Waals surface area contributed by atoms with Gasteiger partial charge in [-0.2, -0.15) is 0 Å². The van der Waals surface area contributed by atoms with E-state index < -0.39 is 11.1 Å². The molecular weight excluding hydrogens is 372 g/mol. The molecule has 3 heterocycles. The highest BCUT2D eigenvalue weighted by Crippen LogP contribution is 2.29. The predicted octanol–water partition coefficient (Wildman–Crippen LogP) is 4.20. The van der Waals surface area contributed by atoms with Gasteiger partial charge in [0.1, 0.15) is 5.76 Å². The van der Waals surface area contributed by atoms with Crippen LogP contribution in [0.3, 0.4) is 0 Å². The first-order valence-corrected chi connectivity index (χ1v) is 8.68. The maximum absolute atomic E-state index is 11.7. The lowest BCUT2D eigenvalue weighted by Crippen LogP contribution is -2.17. The first-order valence-electron chi connectivity index (χ1n) is 7.49. The number of imide groups is 1. The number of nitrogens with zero attached hydrogens (tertiary/aromatic N) is 1. The molecule has 2 amide bonds. The fraction of sp³-hybridized carbons (Fsp3) is 0. The fourth-order valence-electron chi connectivity index (χ4n) is 2.39. The number of aromatic nitrogens is 1. The molecule has 3 aromatic rings. The summed E-state index contributed by atoms with van der Waals surface area (Å²) < 4.78 is 5.81. The van der Waals surface area contributed by atoms with Crippen molar-refractivity contribution in [3.8, 4) is 11.8 Å². The summed E-state index contributed by atoms with van der Waals surface area (Å²) >= 11 is 6.95. The molecule has 0 bridgehead atoms. The van der Waals surface area contributed by atoms with E-state index in [9.17, 15) is 9.59 Å². The lowest BCUT2D eigenvalue weighted by atomic mass is 10.2. The molecule has 1 saturated heterocycles. The molecule has 0 saturated carbocycles. The molecule has 0 spiro atoms. The number of furan rings is 1. The topological polar surface area (TPSA) is 72.2 Å². The summed E-state index contributed by atoms with van der Waals surface area (Å²) in [6, 6.07) is 9.04. The van der Waals surface area contributed by atoms with Crippen LogP contribution in [0, 0.1) is 11.8 Å². The SMILES string of the molecule is O=C1NC(=O)/C(=C\c2cc3cncc(C#Cc4ccccc4Cl)c3o2)S1. The standard InChI is InChI=1S/C19H9ClN2O3S/c20-15-4-2-1-3-11(15)5-6-12-9-21-10-13-7-14(25-17(12)13)8-16-18(23)22-19(24)26-16/h1-4,7-10H,(H,22,23,24)/b16-8+. The molecular formula is C19H9ClN2O3S. The van der Waals surface area contributed by atoms with Crippen molar-refractivity contribution in [1.82, 2.24) is 10.3 Å². The van der Waals surface area contributed by atoms with Crippen LogP contribution in [0.2, 0.25) is 5.02 Å². The molecule has 1 fully saturated rings. The van der Waals surface area contributed by atoms with Crippen molar-refractivity contribution >= 4 is 51.6 Å². The highest BCUT2D eigenvalue weighted by molar-refractivity contribution is 8.18. The number of pyridine rings is 1. The molecule has 126 valence electrons. The number of amides is 2. The highest BCUT2D eigenvalue weighted by Gasteiger charge is 2.25. The van der Waals surface area contributed by atoms with Crippen molar-refractivity contribution in [2.24, 2.45) is 0 Å². The summed E-state index contributed by atoms with van der Waals surface area (Å²) in [5.41, 5.74) is 1.87. The van der Waals surface area contributed by atoms with E-state index in [1.165, 1.54) is 6.08 Å². The fourth-order valence-corrected chi connectivity index (χ4v) is 3.24. The quantitative estimate of drug-likeness (QED) is 0.506. The largest absolute Gasteiger partial charge is 0.455 e. The third-order valence-corrected chi connectivity index (χ3v) is 4.70. The normalized spacial score (nSPS) is 15.2. The van der Waals surface area contributed by atoms with Crippen molar-refractivity contribution in [2.45, 2.75) is 0 Å². The van der Waals surface area contributed by atoms with Gasteiger partial charge in [0.25, 0.3) is 11.1 Å². The Morgan fingerprint density at radius 1 is 1.15 bits per heavy atom. The zero-order valence-corrected chi connectivity index (χ0v) is 14.6. The zero-order chi connectivity index (χ0) is 18.1. The van der Waals surface area contributed by atoms with E-state index in [1.807, 2.05) is 18.2 Å². The Kier molecular flexibility index (Phi) is 4.25. The Morgan fingerprint density at radius 3 is 2.73 bits per heavy atom. The average molecular weight is 381 g/mol. The molecule has 0 radical (unpaired) electrons. The van der Waals surface area contributed by atoms with Gasteiger partial charge in [-0.15, -0.1) is 0 Å². The Labute approximate surface area is 157 Å². The lowest BCUT2D eigenvalue weighted by molar-refractivity contribution is -0.115. The van der Waals surface area contributed by atoms with Crippen LogP contribution in [-0.2, 0) is 4.79 Å². The van der Waals surface area contributed by atoms with Crippen LogP contribution in [0.25, 0.3) is 17.0 Å². The molecule has 0 unspecified atom stereocenters. The van der Waals surface area contributed by atoms with E-state index in [2.05, 4.69) is 22.1 Å². The van der Waals surface area contributed by atoms with Crippen molar-refractivity contribution in [1.29, 1.82) is 0 Å². The number of fused-ring (bicyclic) bond motifs is 1. The van der Waals surface area contributed by atoms with E-state index in [-0.39, 0.29) is 4.91 Å². The van der Waals surface area contributed by atoms with Crippen molar-refractivity contribution < 1.29 is 14.0 Å². The average Bonchev–Trinajstić information content (AvgIpc) is 3.17. The van der Waals surface area contributed by atoms with Crippen molar-refractivity contribution in [3.63, 3.8) is 0 Å². The van der Waals surface area contributed by atoms with Gasteiger partial charge in [-0.25, -0.2) is 0 Å². The van der Waals surface area contributed by atoms with Gasteiger partial charge in [0.05, 0.1) is 15.5 Å². The third-order valence-electron chi connectivity index (χ3n) is 3.56. The van der Waals surface area contributed by atoms with Crippen molar-refractivity contribution in [3.05, 3.63) is 69.5 Å². The molecule has 1 N–H and O–H groups in total. The summed E-state index contributed by atoms with van der Waals surface area (Å²) in [4.78, 5) is 27.3. The predicted molar refractivity (Wildman–Crippen MR) is 101 cm³/mol. The van der Waals surface area contributed by atoms with Gasteiger partial charge in [-0.3, -0.25) is 19.9 Å². The summed E-state index contributed by atoms with van der Waals surface area (Å²) in [6.07, 6.45) is 4.78. The number of halogens is 1. The minimum atomic E-state index is -0.433. The van der Waals surface area contributed by atoms with Gasteiger partial charge < -0.3 is 4.42 Å². The van der Waals surface area contributed by atoms with E-state index in [0.29, 0.717) is 27.5 Å². The molecule has 1 aliphatic rings. The summed E-state index contributed by atoms with van der Waals surface area (Å²) in [5, 5.41) is 3.12. The first kappa shape index (κ1) is 16.5. The van der Waals surface area contributed by atoms with Gasteiger partial charge in [-0.1, -0.05) is 35.6 Å². The molecule has 26 heavy (non-hydrogen) atoms. The smallest absolute Gasteiger partial charge is 0.290 e. The first-order chi connectivity index (χ1) is 12.6. The Balaban J connectivity index is 1.73. The molecule has 0 aliphatic carbocycles. The number of thioether (sulfide) groups is 1. The number of carbonyl (C=O) groups is 2. The minimum Gasteiger partial charge on any atom is -0.455 e. The second kappa shape index (κ2) is 6.71. The van der Waals surface area contributed by atoms with E-state index in [0.717, 1.165) is 17.1 Å². The second-order valence-electron chi connectivity index (χ2n) is 5.34. The van der Waals surface area contributed by atoms with E-state index in [1.54, 1.807) is 24.5 Å². The number of benzene rings is 1. The summed E-state index contributed by atoms with van der Waals surface area (Å²) in [5.74, 6) is 6.04. The van der Waals surface area contributed by atoms with E-state index in [4.69, 9.17) is 16.0 Å². The van der Waals surface area contributed by atoms with Gasteiger partial charge in [0.2, 0.25) is 0 Å². The summed E-state index contributed by atoms with van der Waals surface area (Å²) in [6.45, 7) is 0. The maximum Gasteiger partial charge on any atom is 0.290 e. The number of nitrogens with one attached hydrogen (secondary N) is 1. The van der Waals surface area contributed by atoms with Crippen LogP contribution in [0.1, 0.15) is 16.9 Å². The van der Waals surface area contributed by atoms with Gasteiger partial charge >= 0.3 is 0 Å². The van der Waals surface area contributed by atoms with Crippen LogP contribution in [-0.4, -0.2) is 16.1 Å². The minimum absolute atomic E-state index is 0.283. The van der Waals surface area contributed by atoms with Crippen LogP contribution < -0.4 is 5.32 Å². The summed E-state index contributed by atoms with van der Waals surface area (Å²) in [7, 11) is 0. The van der Waals surface area contributed by atoms with E-state index >= 15 is 0 Å².